The molecule has 0 unspecified atom stereocenters. The van der Waals surface area contributed by atoms with Crippen molar-refractivity contribution in [1.82, 2.24) is 0 Å². The van der Waals surface area contributed by atoms with Gasteiger partial charge in [0.05, 0.1) is 4.91 Å². The number of hydrogen-bond donors (Lipinski definition) is 1. The summed E-state index contributed by atoms with van der Waals surface area (Å²) in [6, 6.07) is -0.112. The Morgan fingerprint density at radius 2 is 1.78 bits per heavy atom. The van der Waals surface area contributed by atoms with Gasteiger partial charge < -0.3 is 0 Å². The van der Waals surface area contributed by atoms with Crippen LogP contribution < -0.4 is 0 Å². The van der Waals surface area contributed by atoms with E-state index < -0.39 is 0 Å². The number of nitrogens with zero attached hydrogens (tertiary/aromatic N) is 1. The first-order chi connectivity index (χ1) is 4.30. The fourth-order valence-electron chi connectivity index (χ4n) is 1.30. The van der Waals surface area contributed by atoms with Gasteiger partial charge in [0.15, 0.2) is 0 Å². The maximum Gasteiger partial charge on any atom is 0.257 e. The van der Waals surface area contributed by atoms with Crippen molar-refractivity contribution in [3.8, 4) is 0 Å². The standard InChI is InChI=1S/C6H12NO2/c8-7(9)6-4-2-1-3-5-6/h6H,1-5H2,(H,8,9)/q+1. The Bertz CT molecular complexity index is 108. The molecule has 0 radical (unpaired) electrons. The van der Waals surface area contributed by atoms with Crippen LogP contribution in [0.3, 0.4) is 0 Å². The molecule has 0 aromatic rings. The van der Waals surface area contributed by atoms with Crippen LogP contribution in [0.5, 0.6) is 0 Å². The first kappa shape index (κ1) is 6.52. The predicted molar refractivity (Wildman–Crippen MR) is 32.3 cm³/mol. The van der Waals surface area contributed by atoms with Crippen molar-refractivity contribution in [2.75, 3.05) is 0 Å². The highest BCUT2D eigenvalue weighted by Crippen LogP contribution is 2.18. The van der Waals surface area contributed by atoms with E-state index in [4.69, 9.17) is 5.21 Å². The molecule has 9 heavy (non-hydrogen) atoms. The van der Waals surface area contributed by atoms with Crippen molar-refractivity contribution in [2.24, 2.45) is 0 Å². The molecule has 1 aliphatic carbocycles. The summed E-state index contributed by atoms with van der Waals surface area (Å²) in [6.45, 7) is 0. The minimum Gasteiger partial charge on any atom is -0.246 e. The van der Waals surface area contributed by atoms with Crippen molar-refractivity contribution >= 4 is 0 Å². The molecule has 0 saturated heterocycles. The molecule has 0 aromatic heterocycles. The average Bonchev–Trinajstić information content (AvgIpc) is 1.90. The SMILES string of the molecule is O=[N+](O)C1CCCCC1. The van der Waals surface area contributed by atoms with Gasteiger partial charge >= 0.3 is 0 Å². The lowest BCUT2D eigenvalue weighted by Gasteiger charge is -2.09. The van der Waals surface area contributed by atoms with Crippen molar-refractivity contribution < 1.29 is 10.1 Å². The summed E-state index contributed by atoms with van der Waals surface area (Å²) in [5.74, 6) is 0. The Kier molecular flexibility index (Phi) is 2.03. The largest absolute Gasteiger partial charge is 0.257 e. The van der Waals surface area contributed by atoms with E-state index in [0.717, 1.165) is 25.7 Å². The summed E-state index contributed by atoms with van der Waals surface area (Å²) in [5.41, 5.74) is 0. The maximum absolute atomic E-state index is 10.3. The van der Waals surface area contributed by atoms with Gasteiger partial charge in [-0.2, -0.15) is 0 Å². The summed E-state index contributed by atoms with van der Waals surface area (Å²) in [5, 5.41) is 8.45. The minimum absolute atomic E-state index is 0.110. The summed E-state index contributed by atoms with van der Waals surface area (Å²) < 4.78 is 0. The minimum atomic E-state index is -0.112. The molecule has 0 spiro atoms. The molecule has 1 aliphatic rings. The molecule has 0 atom stereocenters. The monoisotopic (exact) mass is 130 g/mol. The molecular weight excluding hydrogens is 118 g/mol. The van der Waals surface area contributed by atoms with Gasteiger partial charge in [0.1, 0.15) is 0 Å². The molecule has 0 amide bonds. The van der Waals surface area contributed by atoms with E-state index in [9.17, 15) is 4.91 Å². The molecule has 1 rings (SSSR count). The van der Waals surface area contributed by atoms with Gasteiger partial charge in [0, 0.05) is 12.8 Å². The highest BCUT2D eigenvalue weighted by Gasteiger charge is 2.26. The van der Waals surface area contributed by atoms with Gasteiger partial charge in [0.25, 0.3) is 6.04 Å². The predicted octanol–water partition coefficient (Wildman–Crippen LogP) is 1.49. The normalized spacial score (nSPS) is 21.8. The summed E-state index contributed by atoms with van der Waals surface area (Å²) in [6.07, 6.45) is 5.11. The molecule has 1 saturated carbocycles. The highest BCUT2D eigenvalue weighted by atomic mass is 16.6. The highest BCUT2D eigenvalue weighted by molar-refractivity contribution is 4.61. The van der Waals surface area contributed by atoms with Crippen LogP contribution in [-0.4, -0.2) is 16.2 Å². The Hall–Kier alpha value is -0.600. The van der Waals surface area contributed by atoms with Crippen LogP contribution in [0.1, 0.15) is 32.1 Å². The number of rotatable bonds is 1. The van der Waals surface area contributed by atoms with E-state index in [1.807, 2.05) is 0 Å². The van der Waals surface area contributed by atoms with Crippen molar-refractivity contribution in [2.45, 2.75) is 38.1 Å². The van der Waals surface area contributed by atoms with E-state index in [1.54, 1.807) is 0 Å². The third kappa shape index (κ3) is 1.66. The molecule has 3 heteroatoms. The molecule has 1 N–H and O–H groups in total. The zero-order valence-electron chi connectivity index (χ0n) is 5.42. The van der Waals surface area contributed by atoms with E-state index in [2.05, 4.69) is 0 Å². The maximum atomic E-state index is 10.3. The quantitative estimate of drug-likeness (QED) is 0.546. The molecule has 0 heterocycles. The Morgan fingerprint density at radius 3 is 2.11 bits per heavy atom. The van der Waals surface area contributed by atoms with Crippen molar-refractivity contribution in [3.63, 3.8) is 0 Å². The van der Waals surface area contributed by atoms with E-state index >= 15 is 0 Å². The molecule has 1 fully saturated rings. The van der Waals surface area contributed by atoms with Crippen LogP contribution in [0.4, 0.5) is 0 Å². The Morgan fingerprint density at radius 1 is 1.22 bits per heavy atom. The summed E-state index contributed by atoms with van der Waals surface area (Å²) in [7, 11) is 0. The van der Waals surface area contributed by atoms with Crippen LogP contribution >= 0.6 is 0 Å². The van der Waals surface area contributed by atoms with Crippen LogP contribution in [0.25, 0.3) is 0 Å². The Balaban J connectivity index is 2.31. The fourth-order valence-corrected chi connectivity index (χ4v) is 1.30. The van der Waals surface area contributed by atoms with Crippen molar-refractivity contribution in [1.29, 1.82) is 0 Å². The molecule has 0 bridgehead atoms. The lowest BCUT2D eigenvalue weighted by molar-refractivity contribution is -0.816. The van der Waals surface area contributed by atoms with E-state index in [1.165, 1.54) is 6.42 Å². The van der Waals surface area contributed by atoms with Crippen molar-refractivity contribution in [3.05, 3.63) is 4.91 Å². The van der Waals surface area contributed by atoms with Gasteiger partial charge in [-0.15, -0.1) is 0 Å². The van der Waals surface area contributed by atoms with Gasteiger partial charge in [-0.3, -0.25) is 0 Å². The fraction of sp³-hybridized carbons (Fsp3) is 1.00. The van der Waals surface area contributed by atoms with Crippen LogP contribution in [0.15, 0.2) is 0 Å². The Labute approximate surface area is 54.2 Å². The molecule has 3 nitrogen and oxygen atoms in total. The van der Waals surface area contributed by atoms with Crippen LogP contribution in [0, 0.1) is 4.91 Å². The van der Waals surface area contributed by atoms with Gasteiger partial charge in [-0.05, 0) is 12.8 Å². The third-order valence-corrected chi connectivity index (χ3v) is 1.89. The van der Waals surface area contributed by atoms with Crippen LogP contribution in [0.2, 0.25) is 0 Å². The number of hydrogen-bond acceptors (Lipinski definition) is 1. The van der Waals surface area contributed by atoms with Crippen LogP contribution in [-0.2, 0) is 0 Å². The smallest absolute Gasteiger partial charge is 0.246 e. The molecular formula is C6H12NO2+. The zero-order valence-corrected chi connectivity index (χ0v) is 5.42. The second kappa shape index (κ2) is 2.80. The average molecular weight is 130 g/mol. The second-order valence-electron chi connectivity index (χ2n) is 2.59. The van der Waals surface area contributed by atoms with Gasteiger partial charge in [-0.1, -0.05) is 6.42 Å². The summed E-state index contributed by atoms with van der Waals surface area (Å²) >= 11 is 0. The van der Waals surface area contributed by atoms with Gasteiger partial charge in [0.2, 0.25) is 4.92 Å². The summed E-state index contributed by atoms with van der Waals surface area (Å²) in [4.78, 5) is 10.4. The lowest BCUT2D eigenvalue weighted by Crippen LogP contribution is -2.23. The molecule has 52 valence electrons. The topological polar surface area (TPSA) is 40.3 Å². The van der Waals surface area contributed by atoms with E-state index in [-0.39, 0.29) is 11.0 Å². The lowest BCUT2D eigenvalue weighted by atomic mass is 9.96. The van der Waals surface area contributed by atoms with Gasteiger partial charge in [-0.25, -0.2) is 5.21 Å². The second-order valence-corrected chi connectivity index (χ2v) is 2.59. The first-order valence-electron chi connectivity index (χ1n) is 3.46. The van der Waals surface area contributed by atoms with E-state index in [0.29, 0.717) is 0 Å². The zero-order chi connectivity index (χ0) is 6.69. The molecule has 0 aliphatic heterocycles. The third-order valence-electron chi connectivity index (χ3n) is 1.89. The molecule has 0 aromatic carbocycles. The first-order valence-corrected chi connectivity index (χ1v) is 3.46.